The third-order valence-corrected chi connectivity index (χ3v) is 4.98. The fraction of sp³-hybridized carbons (Fsp3) is 0.292. The molecule has 0 unspecified atom stereocenters. The van der Waals surface area contributed by atoms with Crippen LogP contribution in [0.3, 0.4) is 0 Å². The normalized spacial score (nSPS) is 17.8. The van der Waals surface area contributed by atoms with Crippen LogP contribution < -0.4 is 10.2 Å². The lowest BCUT2D eigenvalue weighted by Gasteiger charge is -2.32. The second-order valence-electron chi connectivity index (χ2n) is 8.42. The van der Waals surface area contributed by atoms with Crippen molar-refractivity contribution in [1.82, 2.24) is 5.32 Å². The van der Waals surface area contributed by atoms with Crippen molar-refractivity contribution in [2.75, 3.05) is 4.90 Å². The van der Waals surface area contributed by atoms with Crippen LogP contribution in [0.1, 0.15) is 38.8 Å². The van der Waals surface area contributed by atoms with Crippen LogP contribution >= 0.6 is 0 Å². The number of alkyl carbamates (subject to hydrolysis) is 1. The van der Waals surface area contributed by atoms with E-state index in [0.29, 0.717) is 0 Å². The van der Waals surface area contributed by atoms with E-state index in [1.807, 2.05) is 6.07 Å². The summed E-state index contributed by atoms with van der Waals surface area (Å²) in [6.07, 6.45) is -0.917. The fourth-order valence-electron chi connectivity index (χ4n) is 3.64. The lowest BCUT2D eigenvalue weighted by molar-refractivity contribution is -0.125. The quantitative estimate of drug-likeness (QED) is 0.729. The number of benzene rings is 2. The van der Waals surface area contributed by atoms with Crippen LogP contribution in [0.25, 0.3) is 0 Å². The van der Waals surface area contributed by atoms with E-state index in [4.69, 9.17) is 4.74 Å². The Hall–Kier alpha value is -3.48. The maximum absolute atomic E-state index is 15.0. The molecule has 2 aromatic rings. The van der Waals surface area contributed by atoms with Gasteiger partial charge in [0.05, 0.1) is 12.2 Å². The average molecular weight is 424 g/mol. The standard InChI is InChI=1S/C24H25FN2O4/c1-15(16(2)28)24(26-22(30)31-23(3,4)5)18-12-9-13-19(25)20(18)27(21(24)29)14-17-10-7-6-8-11-17/h6-13H,1,14H2,2-5H3,(H,26,30)/t24-/m0/s1. The molecule has 31 heavy (non-hydrogen) atoms. The minimum Gasteiger partial charge on any atom is -0.444 e. The van der Waals surface area contributed by atoms with Crippen molar-refractivity contribution in [3.8, 4) is 0 Å². The van der Waals surface area contributed by atoms with Crippen LogP contribution in [0.15, 0.2) is 60.7 Å². The summed E-state index contributed by atoms with van der Waals surface area (Å²) in [4.78, 5) is 40.0. The number of nitrogens with one attached hydrogen (secondary N) is 1. The summed E-state index contributed by atoms with van der Waals surface area (Å²) >= 11 is 0. The molecule has 2 aromatic carbocycles. The summed E-state index contributed by atoms with van der Waals surface area (Å²) in [6, 6.07) is 13.2. The summed E-state index contributed by atoms with van der Waals surface area (Å²) in [5, 5.41) is 2.54. The largest absolute Gasteiger partial charge is 0.444 e. The van der Waals surface area contributed by atoms with Gasteiger partial charge in [-0.15, -0.1) is 0 Å². The molecule has 1 aliphatic heterocycles. The van der Waals surface area contributed by atoms with Crippen molar-refractivity contribution in [2.24, 2.45) is 0 Å². The predicted octanol–water partition coefficient (Wildman–Crippen LogP) is 4.24. The van der Waals surface area contributed by atoms with E-state index in [9.17, 15) is 18.8 Å². The second-order valence-corrected chi connectivity index (χ2v) is 8.42. The summed E-state index contributed by atoms with van der Waals surface area (Å²) in [6.45, 7) is 10.1. The van der Waals surface area contributed by atoms with Crippen LogP contribution in [-0.2, 0) is 26.4 Å². The van der Waals surface area contributed by atoms with E-state index in [-0.39, 0.29) is 23.4 Å². The number of halogens is 1. The highest BCUT2D eigenvalue weighted by atomic mass is 19.1. The first kappa shape index (κ1) is 22.2. The molecule has 6 nitrogen and oxygen atoms in total. The SMILES string of the molecule is C=C(C(C)=O)[C@@]1(NC(=O)OC(C)(C)C)C(=O)N(Cc2ccccc2)c2c(F)cccc21. The molecule has 1 heterocycles. The number of hydrogen-bond acceptors (Lipinski definition) is 4. The monoisotopic (exact) mass is 424 g/mol. The van der Waals surface area contributed by atoms with Crippen LogP contribution in [0.5, 0.6) is 0 Å². The van der Waals surface area contributed by atoms with Crippen LogP contribution in [0.4, 0.5) is 14.9 Å². The molecule has 162 valence electrons. The van der Waals surface area contributed by atoms with Gasteiger partial charge in [-0.2, -0.15) is 0 Å². The Bertz CT molecular complexity index is 1060. The van der Waals surface area contributed by atoms with Crippen LogP contribution in [0.2, 0.25) is 0 Å². The highest BCUT2D eigenvalue weighted by molar-refractivity contribution is 6.16. The molecule has 0 radical (unpaired) electrons. The maximum atomic E-state index is 15.0. The number of rotatable bonds is 5. The third kappa shape index (κ3) is 4.08. The highest BCUT2D eigenvalue weighted by Crippen LogP contribution is 2.46. The van der Waals surface area contributed by atoms with Gasteiger partial charge in [0.1, 0.15) is 11.4 Å². The van der Waals surface area contributed by atoms with Gasteiger partial charge in [0.15, 0.2) is 11.3 Å². The number of ether oxygens (including phenoxy) is 1. The first-order chi connectivity index (χ1) is 14.5. The Labute approximate surface area is 180 Å². The lowest BCUT2D eigenvalue weighted by Crippen LogP contribution is -2.56. The number of amides is 2. The van der Waals surface area contributed by atoms with Crippen LogP contribution in [0, 0.1) is 5.82 Å². The highest BCUT2D eigenvalue weighted by Gasteiger charge is 2.56. The van der Waals surface area contributed by atoms with E-state index in [1.165, 1.54) is 30.0 Å². The summed E-state index contributed by atoms with van der Waals surface area (Å²) < 4.78 is 20.3. The van der Waals surface area contributed by atoms with Gasteiger partial charge in [-0.1, -0.05) is 49.0 Å². The molecule has 0 saturated heterocycles. The van der Waals surface area contributed by atoms with Crippen molar-refractivity contribution >= 4 is 23.5 Å². The van der Waals surface area contributed by atoms with E-state index >= 15 is 0 Å². The van der Waals surface area contributed by atoms with Gasteiger partial charge in [0.2, 0.25) is 0 Å². The third-order valence-electron chi connectivity index (χ3n) is 4.98. The van der Waals surface area contributed by atoms with E-state index in [0.717, 1.165) is 5.56 Å². The van der Waals surface area contributed by atoms with E-state index < -0.39 is 34.7 Å². The Morgan fingerprint density at radius 2 is 1.77 bits per heavy atom. The molecular weight excluding hydrogens is 399 g/mol. The molecule has 0 saturated carbocycles. The van der Waals surface area contributed by atoms with Gasteiger partial charge >= 0.3 is 6.09 Å². The number of hydrogen-bond donors (Lipinski definition) is 1. The van der Waals surface area contributed by atoms with Crippen molar-refractivity contribution in [2.45, 2.75) is 45.4 Å². The zero-order valence-electron chi connectivity index (χ0n) is 18.0. The van der Waals surface area contributed by atoms with Gasteiger partial charge in [-0.05, 0) is 39.3 Å². The minimum atomic E-state index is -1.97. The number of anilines is 1. The number of para-hydroxylation sites is 1. The molecular formula is C24H25FN2O4. The Kier molecular flexibility index (Phi) is 5.72. The molecule has 2 amide bonds. The van der Waals surface area contributed by atoms with E-state index in [2.05, 4.69) is 11.9 Å². The number of carbonyl (C=O) groups excluding carboxylic acids is 3. The van der Waals surface area contributed by atoms with Gasteiger partial charge in [0.25, 0.3) is 5.91 Å². The van der Waals surface area contributed by atoms with Gasteiger partial charge in [-0.3, -0.25) is 14.9 Å². The lowest BCUT2D eigenvalue weighted by atomic mass is 9.82. The maximum Gasteiger partial charge on any atom is 0.409 e. The van der Waals surface area contributed by atoms with Gasteiger partial charge in [-0.25, -0.2) is 9.18 Å². The molecule has 1 N–H and O–H groups in total. The Morgan fingerprint density at radius 3 is 2.35 bits per heavy atom. The Morgan fingerprint density at radius 1 is 1.13 bits per heavy atom. The molecule has 0 bridgehead atoms. The first-order valence-corrected chi connectivity index (χ1v) is 9.83. The molecule has 1 atom stereocenters. The number of ketones is 1. The first-order valence-electron chi connectivity index (χ1n) is 9.83. The predicted molar refractivity (Wildman–Crippen MR) is 115 cm³/mol. The van der Waals surface area contributed by atoms with Gasteiger partial charge < -0.3 is 9.64 Å². The number of carbonyl (C=O) groups is 3. The van der Waals surface area contributed by atoms with Crippen molar-refractivity contribution in [1.29, 1.82) is 0 Å². The zero-order valence-corrected chi connectivity index (χ0v) is 18.0. The van der Waals surface area contributed by atoms with Crippen molar-refractivity contribution in [3.63, 3.8) is 0 Å². The fourth-order valence-corrected chi connectivity index (χ4v) is 3.64. The second kappa shape index (κ2) is 7.98. The van der Waals surface area contributed by atoms with Crippen LogP contribution in [-0.4, -0.2) is 23.4 Å². The summed E-state index contributed by atoms with van der Waals surface area (Å²) in [7, 11) is 0. The molecule has 7 heteroatoms. The number of nitrogens with zero attached hydrogens (tertiary/aromatic N) is 1. The topological polar surface area (TPSA) is 75.7 Å². The molecule has 0 aromatic heterocycles. The zero-order chi connectivity index (χ0) is 23.0. The summed E-state index contributed by atoms with van der Waals surface area (Å²) in [5.41, 5.74) is -2.11. The smallest absolute Gasteiger partial charge is 0.409 e. The average Bonchev–Trinajstić information content (AvgIpc) is 2.91. The van der Waals surface area contributed by atoms with E-state index in [1.54, 1.807) is 45.0 Å². The molecule has 0 fully saturated rings. The molecule has 1 aliphatic rings. The van der Waals surface area contributed by atoms with Crippen molar-refractivity contribution < 1.29 is 23.5 Å². The summed E-state index contributed by atoms with van der Waals surface area (Å²) in [5.74, 6) is -1.84. The van der Waals surface area contributed by atoms with Crippen molar-refractivity contribution in [3.05, 3.63) is 77.6 Å². The molecule has 0 spiro atoms. The van der Waals surface area contributed by atoms with Gasteiger partial charge in [0, 0.05) is 11.1 Å². The molecule has 3 rings (SSSR count). The Balaban J connectivity index is 2.17. The minimum absolute atomic E-state index is 0.00480. The number of Topliss-reactive ketones (excluding diaryl/α,β-unsaturated/α-hetero) is 1. The number of fused-ring (bicyclic) bond motifs is 1. The molecule has 0 aliphatic carbocycles.